The average Bonchev–Trinajstić information content (AvgIpc) is 2.24. The minimum atomic E-state index is -0.186. The molecular weight excluding hydrogens is 208 g/mol. The summed E-state index contributed by atoms with van der Waals surface area (Å²) in [5, 5.41) is 0. The predicted molar refractivity (Wildman–Crippen MR) is 60.9 cm³/mol. The lowest BCUT2D eigenvalue weighted by atomic mass is 10.2. The van der Waals surface area contributed by atoms with Gasteiger partial charge in [0.2, 0.25) is 0 Å². The number of hydrogen-bond acceptors (Lipinski definition) is 4. The summed E-state index contributed by atoms with van der Waals surface area (Å²) < 4.78 is 10.0. The summed E-state index contributed by atoms with van der Waals surface area (Å²) in [6, 6.07) is 0. The highest BCUT2D eigenvalue weighted by Gasteiger charge is 2.09. The molecule has 0 aromatic heterocycles. The molecule has 0 aromatic carbocycles. The Morgan fingerprint density at radius 2 is 1.31 bits per heavy atom. The van der Waals surface area contributed by atoms with E-state index in [9.17, 15) is 9.59 Å². The van der Waals surface area contributed by atoms with Crippen LogP contribution in [-0.2, 0) is 19.1 Å². The molecule has 0 N–H and O–H groups in total. The van der Waals surface area contributed by atoms with Crippen LogP contribution < -0.4 is 0 Å². The molecule has 94 valence electrons. The molecule has 0 saturated carbocycles. The molecule has 0 radical (unpaired) electrons. The Morgan fingerprint density at radius 1 is 0.938 bits per heavy atom. The second kappa shape index (κ2) is 9.19. The molecule has 0 aliphatic carbocycles. The molecule has 0 saturated heterocycles. The molecule has 0 bridgehead atoms. The van der Waals surface area contributed by atoms with Gasteiger partial charge >= 0.3 is 11.9 Å². The van der Waals surface area contributed by atoms with Gasteiger partial charge in [0.25, 0.3) is 0 Å². The van der Waals surface area contributed by atoms with Crippen molar-refractivity contribution in [1.82, 2.24) is 0 Å². The quantitative estimate of drug-likeness (QED) is 0.600. The van der Waals surface area contributed by atoms with Gasteiger partial charge in [-0.25, -0.2) is 0 Å². The standard InChI is InChI=1S/C12H22O4/c1-4-6-11(13)15-8-10(3)9-16-12(14)7-5-2/h10H,4-9H2,1-3H3. The Hall–Kier alpha value is -1.06. The fourth-order valence-corrected chi connectivity index (χ4v) is 1.07. The smallest absolute Gasteiger partial charge is 0.305 e. The van der Waals surface area contributed by atoms with E-state index in [2.05, 4.69) is 0 Å². The molecule has 16 heavy (non-hydrogen) atoms. The highest BCUT2D eigenvalue weighted by molar-refractivity contribution is 5.69. The highest BCUT2D eigenvalue weighted by Crippen LogP contribution is 2.01. The molecule has 0 aromatic rings. The van der Waals surface area contributed by atoms with Crippen LogP contribution in [0, 0.1) is 5.92 Å². The second-order valence-electron chi connectivity index (χ2n) is 3.97. The fourth-order valence-electron chi connectivity index (χ4n) is 1.07. The first kappa shape index (κ1) is 14.9. The summed E-state index contributed by atoms with van der Waals surface area (Å²) >= 11 is 0. The molecule has 4 heteroatoms. The van der Waals surface area contributed by atoms with E-state index in [1.54, 1.807) is 0 Å². The Labute approximate surface area is 97.3 Å². The fraction of sp³-hybridized carbons (Fsp3) is 0.833. The monoisotopic (exact) mass is 230 g/mol. The van der Waals surface area contributed by atoms with Gasteiger partial charge in [-0.05, 0) is 12.8 Å². The van der Waals surface area contributed by atoms with Crippen LogP contribution in [0.4, 0.5) is 0 Å². The Balaban J connectivity index is 3.54. The summed E-state index contributed by atoms with van der Waals surface area (Å²) in [5.41, 5.74) is 0. The number of carbonyl (C=O) groups excluding carboxylic acids is 2. The van der Waals surface area contributed by atoms with Gasteiger partial charge in [0.05, 0.1) is 13.2 Å². The molecular formula is C12H22O4. The summed E-state index contributed by atoms with van der Waals surface area (Å²) in [7, 11) is 0. The van der Waals surface area contributed by atoms with Crippen LogP contribution in [0.1, 0.15) is 46.5 Å². The van der Waals surface area contributed by atoms with Gasteiger partial charge in [0.15, 0.2) is 0 Å². The van der Waals surface area contributed by atoms with E-state index >= 15 is 0 Å². The van der Waals surface area contributed by atoms with Crippen molar-refractivity contribution in [2.75, 3.05) is 13.2 Å². The maximum Gasteiger partial charge on any atom is 0.305 e. The maximum atomic E-state index is 11.1. The lowest BCUT2D eigenvalue weighted by Crippen LogP contribution is -2.18. The van der Waals surface area contributed by atoms with Crippen LogP contribution in [0.25, 0.3) is 0 Å². The zero-order valence-corrected chi connectivity index (χ0v) is 10.5. The normalized spacial score (nSPS) is 10.2. The third-order valence-corrected chi connectivity index (χ3v) is 1.97. The molecule has 4 nitrogen and oxygen atoms in total. The van der Waals surface area contributed by atoms with Gasteiger partial charge in [-0.3, -0.25) is 9.59 Å². The Kier molecular flexibility index (Phi) is 8.58. The number of hydrogen-bond donors (Lipinski definition) is 0. The van der Waals surface area contributed by atoms with Crippen molar-refractivity contribution >= 4 is 11.9 Å². The first-order valence-corrected chi connectivity index (χ1v) is 5.91. The van der Waals surface area contributed by atoms with Gasteiger partial charge in [0.1, 0.15) is 0 Å². The van der Waals surface area contributed by atoms with Crippen LogP contribution >= 0.6 is 0 Å². The number of esters is 2. The predicted octanol–water partition coefficient (Wildman–Crippen LogP) is 2.31. The molecule has 0 atom stereocenters. The highest BCUT2D eigenvalue weighted by atomic mass is 16.5. The van der Waals surface area contributed by atoms with E-state index in [1.165, 1.54) is 0 Å². The topological polar surface area (TPSA) is 52.6 Å². The molecule has 0 aliphatic rings. The molecule has 0 unspecified atom stereocenters. The Morgan fingerprint density at radius 3 is 1.62 bits per heavy atom. The lowest BCUT2D eigenvalue weighted by molar-refractivity contribution is -0.148. The zero-order valence-electron chi connectivity index (χ0n) is 10.5. The Bertz CT molecular complexity index is 191. The largest absolute Gasteiger partial charge is 0.465 e. The van der Waals surface area contributed by atoms with E-state index in [0.29, 0.717) is 26.1 Å². The number of rotatable bonds is 8. The zero-order chi connectivity index (χ0) is 12.4. The van der Waals surface area contributed by atoms with Gasteiger partial charge in [-0.2, -0.15) is 0 Å². The van der Waals surface area contributed by atoms with E-state index in [1.807, 2.05) is 20.8 Å². The first-order valence-electron chi connectivity index (χ1n) is 5.91. The molecule has 0 spiro atoms. The lowest BCUT2D eigenvalue weighted by Gasteiger charge is -2.12. The van der Waals surface area contributed by atoms with Crippen LogP contribution in [-0.4, -0.2) is 25.2 Å². The van der Waals surface area contributed by atoms with E-state index < -0.39 is 0 Å². The van der Waals surface area contributed by atoms with Crippen LogP contribution in [0.2, 0.25) is 0 Å². The van der Waals surface area contributed by atoms with Gasteiger partial charge in [-0.15, -0.1) is 0 Å². The SMILES string of the molecule is CCCC(=O)OCC(C)COC(=O)CCC. The van der Waals surface area contributed by atoms with Gasteiger partial charge in [0, 0.05) is 18.8 Å². The van der Waals surface area contributed by atoms with E-state index in [0.717, 1.165) is 12.8 Å². The second-order valence-corrected chi connectivity index (χ2v) is 3.97. The summed E-state index contributed by atoms with van der Waals surface area (Å²) in [6.07, 6.45) is 2.47. The maximum absolute atomic E-state index is 11.1. The van der Waals surface area contributed by atoms with E-state index in [-0.39, 0.29) is 17.9 Å². The van der Waals surface area contributed by atoms with Crippen LogP contribution in [0.3, 0.4) is 0 Å². The van der Waals surface area contributed by atoms with Crippen molar-refractivity contribution in [3.05, 3.63) is 0 Å². The van der Waals surface area contributed by atoms with Crippen LogP contribution in [0.15, 0.2) is 0 Å². The summed E-state index contributed by atoms with van der Waals surface area (Å²) in [4.78, 5) is 22.1. The van der Waals surface area contributed by atoms with Gasteiger partial charge < -0.3 is 9.47 Å². The summed E-state index contributed by atoms with van der Waals surface area (Å²) in [5.74, 6) is -0.315. The number of carbonyl (C=O) groups is 2. The third kappa shape index (κ3) is 8.26. The first-order chi connectivity index (χ1) is 7.60. The van der Waals surface area contributed by atoms with Crippen LogP contribution in [0.5, 0.6) is 0 Å². The molecule has 0 aliphatic heterocycles. The van der Waals surface area contributed by atoms with Gasteiger partial charge in [-0.1, -0.05) is 20.8 Å². The van der Waals surface area contributed by atoms with Crippen molar-refractivity contribution in [1.29, 1.82) is 0 Å². The third-order valence-electron chi connectivity index (χ3n) is 1.97. The minimum absolute atomic E-state index is 0.0570. The molecule has 0 heterocycles. The molecule has 0 amide bonds. The van der Waals surface area contributed by atoms with Crippen molar-refractivity contribution in [3.8, 4) is 0 Å². The van der Waals surface area contributed by atoms with Crippen molar-refractivity contribution < 1.29 is 19.1 Å². The molecule has 0 rings (SSSR count). The minimum Gasteiger partial charge on any atom is -0.465 e. The van der Waals surface area contributed by atoms with Crippen molar-refractivity contribution in [2.45, 2.75) is 46.5 Å². The van der Waals surface area contributed by atoms with Crippen molar-refractivity contribution in [3.63, 3.8) is 0 Å². The average molecular weight is 230 g/mol. The van der Waals surface area contributed by atoms with Crippen molar-refractivity contribution in [2.24, 2.45) is 5.92 Å². The van der Waals surface area contributed by atoms with E-state index in [4.69, 9.17) is 9.47 Å². The number of ether oxygens (including phenoxy) is 2. The molecule has 0 fully saturated rings. The summed E-state index contributed by atoms with van der Waals surface area (Å²) in [6.45, 7) is 6.38.